The molecule has 6 heteroatoms. The third-order valence-electron chi connectivity index (χ3n) is 2.66. The minimum atomic E-state index is 0.612. The second-order valence-electron chi connectivity index (χ2n) is 4.22. The van der Waals surface area contributed by atoms with Crippen molar-refractivity contribution < 1.29 is 4.74 Å². The molecule has 0 unspecified atom stereocenters. The Labute approximate surface area is 125 Å². The summed E-state index contributed by atoms with van der Waals surface area (Å²) in [6.45, 7) is 0.741. The molecule has 0 atom stereocenters. The lowest BCUT2D eigenvalue weighted by molar-refractivity contribution is 0.400. The van der Waals surface area contributed by atoms with E-state index in [4.69, 9.17) is 4.74 Å². The number of ether oxygens (including phenoxy) is 1. The molecule has 0 aliphatic rings. The highest BCUT2D eigenvalue weighted by molar-refractivity contribution is 9.11. The molecule has 2 aromatic rings. The normalized spacial score (nSPS) is 10.3. The lowest BCUT2D eigenvalue weighted by atomic mass is 10.3. The molecule has 0 saturated heterocycles. The van der Waals surface area contributed by atoms with Crippen LogP contribution in [0.1, 0.15) is 5.56 Å². The smallest absolute Gasteiger partial charge is 0.239 e. The fourth-order valence-corrected chi connectivity index (χ4v) is 2.96. The van der Waals surface area contributed by atoms with Gasteiger partial charge in [-0.2, -0.15) is 0 Å². The summed E-state index contributed by atoms with van der Waals surface area (Å²) >= 11 is 5.15. The van der Waals surface area contributed by atoms with E-state index in [1.165, 1.54) is 5.56 Å². The fourth-order valence-electron chi connectivity index (χ4n) is 1.76. The molecule has 0 saturated carbocycles. The van der Waals surface area contributed by atoms with Crippen LogP contribution in [0.15, 0.2) is 27.5 Å². The molecule has 2 aromatic heterocycles. The van der Waals surface area contributed by atoms with Crippen molar-refractivity contribution in [1.82, 2.24) is 4.98 Å². The van der Waals surface area contributed by atoms with Crippen molar-refractivity contribution in [3.05, 3.63) is 33.1 Å². The highest BCUT2D eigenvalue weighted by Crippen LogP contribution is 2.32. The van der Waals surface area contributed by atoms with Gasteiger partial charge in [-0.15, -0.1) is 11.3 Å². The number of nitrogens with one attached hydrogen (secondary N) is 1. The summed E-state index contributed by atoms with van der Waals surface area (Å²) in [6, 6.07) is 4.07. The summed E-state index contributed by atoms with van der Waals surface area (Å²) in [4.78, 5) is 6.28. The number of methoxy groups -OCH3 is 1. The average molecular weight is 342 g/mol. The molecule has 2 rings (SSSR count). The molecule has 102 valence electrons. The Bertz CT molecular complexity index is 557. The van der Waals surface area contributed by atoms with Crippen LogP contribution in [0, 0.1) is 0 Å². The van der Waals surface area contributed by atoms with Crippen molar-refractivity contribution in [2.45, 2.75) is 6.54 Å². The van der Waals surface area contributed by atoms with Crippen molar-refractivity contribution in [2.24, 2.45) is 0 Å². The van der Waals surface area contributed by atoms with Gasteiger partial charge in [-0.3, -0.25) is 0 Å². The molecule has 0 aliphatic carbocycles. The minimum absolute atomic E-state index is 0.612. The van der Waals surface area contributed by atoms with Crippen LogP contribution in [0.2, 0.25) is 0 Å². The van der Waals surface area contributed by atoms with Crippen LogP contribution in [-0.2, 0) is 6.54 Å². The van der Waals surface area contributed by atoms with Gasteiger partial charge in [0.2, 0.25) is 5.88 Å². The molecular weight excluding hydrogens is 326 g/mol. The van der Waals surface area contributed by atoms with Crippen molar-refractivity contribution >= 4 is 38.6 Å². The van der Waals surface area contributed by atoms with Crippen LogP contribution in [0.3, 0.4) is 0 Å². The van der Waals surface area contributed by atoms with E-state index in [9.17, 15) is 0 Å². The van der Waals surface area contributed by atoms with Crippen LogP contribution >= 0.6 is 27.3 Å². The number of anilines is 2. The number of nitrogens with zero attached hydrogens (tertiary/aromatic N) is 2. The number of thiophene rings is 1. The minimum Gasteiger partial charge on any atom is -0.479 e. The zero-order valence-electron chi connectivity index (χ0n) is 11.1. The molecule has 0 amide bonds. The van der Waals surface area contributed by atoms with Crippen LogP contribution in [0.25, 0.3) is 0 Å². The maximum atomic E-state index is 5.32. The Morgan fingerprint density at radius 1 is 1.47 bits per heavy atom. The Hall–Kier alpha value is -1.27. The summed E-state index contributed by atoms with van der Waals surface area (Å²) in [5.41, 5.74) is 3.20. The summed E-state index contributed by atoms with van der Waals surface area (Å²) in [5, 5.41) is 5.52. The van der Waals surface area contributed by atoms with Gasteiger partial charge in [0.25, 0.3) is 0 Å². The Balaban J connectivity index is 2.22. The Morgan fingerprint density at radius 3 is 2.84 bits per heavy atom. The van der Waals surface area contributed by atoms with Crippen LogP contribution in [-0.4, -0.2) is 26.2 Å². The third kappa shape index (κ3) is 3.39. The van der Waals surface area contributed by atoms with Crippen LogP contribution in [0.4, 0.5) is 11.4 Å². The van der Waals surface area contributed by atoms with Crippen molar-refractivity contribution in [3.63, 3.8) is 0 Å². The second-order valence-corrected chi connectivity index (χ2v) is 6.51. The van der Waals surface area contributed by atoms with Crippen LogP contribution in [0.5, 0.6) is 5.88 Å². The molecule has 0 aliphatic heterocycles. The predicted molar refractivity (Wildman–Crippen MR) is 84.5 cm³/mol. The summed E-state index contributed by atoms with van der Waals surface area (Å²) in [7, 11) is 5.64. The largest absolute Gasteiger partial charge is 0.479 e. The van der Waals surface area contributed by atoms with Gasteiger partial charge >= 0.3 is 0 Å². The predicted octanol–water partition coefficient (Wildman–Crippen LogP) is 3.59. The quantitative estimate of drug-likeness (QED) is 0.901. The monoisotopic (exact) mass is 341 g/mol. The zero-order chi connectivity index (χ0) is 13.8. The molecule has 2 heterocycles. The summed E-state index contributed by atoms with van der Waals surface area (Å²) in [5.74, 6) is 0.612. The molecule has 0 fully saturated rings. The molecule has 4 nitrogen and oxygen atoms in total. The van der Waals surface area contributed by atoms with E-state index in [2.05, 4.69) is 37.7 Å². The van der Waals surface area contributed by atoms with E-state index < -0.39 is 0 Å². The lowest BCUT2D eigenvalue weighted by Gasteiger charge is -2.19. The van der Waals surface area contributed by atoms with Gasteiger partial charge in [0, 0.05) is 26.8 Å². The highest BCUT2D eigenvalue weighted by atomic mass is 79.9. The highest BCUT2D eigenvalue weighted by Gasteiger charge is 2.12. The number of hydrogen-bond acceptors (Lipinski definition) is 5. The number of pyridine rings is 1. The average Bonchev–Trinajstić information content (AvgIpc) is 2.81. The number of aromatic nitrogens is 1. The Morgan fingerprint density at radius 2 is 2.26 bits per heavy atom. The van der Waals surface area contributed by atoms with E-state index in [0.29, 0.717) is 5.88 Å². The standard InChI is InChI=1S/C13H16BrN3OS/c1-17(2)10-4-5-15-13(18-3)12(10)16-7-9-6-11(14)19-8-9/h4-6,8,16H,7H2,1-3H3. The maximum Gasteiger partial charge on any atom is 0.239 e. The fraction of sp³-hybridized carbons (Fsp3) is 0.308. The molecule has 0 aromatic carbocycles. The van der Waals surface area contributed by atoms with E-state index in [-0.39, 0.29) is 0 Å². The van der Waals surface area contributed by atoms with Crippen molar-refractivity contribution in [2.75, 3.05) is 31.4 Å². The third-order valence-corrected chi connectivity index (χ3v) is 4.21. The number of rotatable bonds is 5. The number of halogens is 1. The van der Waals surface area contributed by atoms with Crippen molar-refractivity contribution in [3.8, 4) is 5.88 Å². The Kier molecular flexibility index (Phi) is 4.66. The van der Waals surface area contributed by atoms with E-state index in [0.717, 1.165) is 21.7 Å². The zero-order valence-corrected chi connectivity index (χ0v) is 13.5. The van der Waals surface area contributed by atoms with E-state index in [1.54, 1.807) is 24.6 Å². The second kappa shape index (κ2) is 6.25. The van der Waals surface area contributed by atoms with Gasteiger partial charge in [-0.25, -0.2) is 4.98 Å². The maximum absolute atomic E-state index is 5.32. The van der Waals surface area contributed by atoms with Crippen LogP contribution < -0.4 is 15.0 Å². The van der Waals surface area contributed by atoms with Gasteiger partial charge in [0.05, 0.1) is 16.6 Å². The lowest BCUT2D eigenvalue weighted by Crippen LogP contribution is -2.13. The number of hydrogen-bond donors (Lipinski definition) is 1. The SMILES string of the molecule is COc1nccc(N(C)C)c1NCc1csc(Br)c1. The first kappa shape index (κ1) is 14.1. The molecule has 0 spiro atoms. The first-order chi connectivity index (χ1) is 9.11. The van der Waals surface area contributed by atoms with Gasteiger partial charge < -0.3 is 15.0 Å². The molecule has 0 bridgehead atoms. The van der Waals surface area contributed by atoms with E-state index in [1.807, 2.05) is 25.1 Å². The summed E-state index contributed by atoms with van der Waals surface area (Å²) in [6.07, 6.45) is 1.75. The molecule has 1 N–H and O–H groups in total. The van der Waals surface area contributed by atoms with Gasteiger partial charge in [-0.05, 0) is 39.0 Å². The first-order valence-corrected chi connectivity index (χ1v) is 7.46. The molecular formula is C13H16BrN3OS. The van der Waals surface area contributed by atoms with Gasteiger partial charge in [-0.1, -0.05) is 0 Å². The van der Waals surface area contributed by atoms with Gasteiger partial charge in [0.1, 0.15) is 5.69 Å². The van der Waals surface area contributed by atoms with Gasteiger partial charge in [0.15, 0.2) is 0 Å². The van der Waals surface area contributed by atoms with Crippen molar-refractivity contribution in [1.29, 1.82) is 0 Å². The van der Waals surface area contributed by atoms with E-state index >= 15 is 0 Å². The molecule has 0 radical (unpaired) electrons. The summed E-state index contributed by atoms with van der Waals surface area (Å²) < 4.78 is 6.46. The topological polar surface area (TPSA) is 37.4 Å². The molecule has 19 heavy (non-hydrogen) atoms. The first-order valence-electron chi connectivity index (χ1n) is 5.79.